The van der Waals surface area contributed by atoms with Gasteiger partial charge in [-0.1, -0.05) is 12.1 Å². The van der Waals surface area contributed by atoms with Gasteiger partial charge in [0, 0.05) is 13.7 Å². The maximum atomic E-state index is 12.7. The number of hydrogen-bond acceptors (Lipinski definition) is 7. The van der Waals surface area contributed by atoms with Gasteiger partial charge >= 0.3 is 5.97 Å². The van der Waals surface area contributed by atoms with Crippen molar-refractivity contribution in [3.63, 3.8) is 0 Å². The van der Waals surface area contributed by atoms with Crippen molar-refractivity contribution < 1.29 is 23.5 Å². The number of rotatable bonds is 7. The number of methoxy groups -OCH3 is 2. The first-order valence-corrected chi connectivity index (χ1v) is 8.75. The number of esters is 1. The Kier molecular flexibility index (Phi) is 5.65. The second-order valence-electron chi connectivity index (χ2n) is 5.45. The third-order valence-electron chi connectivity index (χ3n) is 3.72. The van der Waals surface area contributed by atoms with Gasteiger partial charge in [-0.25, -0.2) is 4.98 Å². The van der Waals surface area contributed by atoms with Crippen molar-refractivity contribution in [3.05, 3.63) is 42.2 Å². The van der Waals surface area contributed by atoms with Crippen LogP contribution in [-0.4, -0.2) is 55.7 Å². The highest BCUT2D eigenvalue weighted by molar-refractivity contribution is 7.21. The minimum atomic E-state index is -0.507. The highest BCUT2D eigenvalue weighted by atomic mass is 32.1. The summed E-state index contributed by atoms with van der Waals surface area (Å²) in [5, 5.41) is 0.696. The van der Waals surface area contributed by atoms with Gasteiger partial charge in [0.2, 0.25) is 0 Å². The fourth-order valence-corrected chi connectivity index (χ4v) is 3.30. The molecule has 0 saturated heterocycles. The van der Waals surface area contributed by atoms with E-state index < -0.39 is 11.9 Å². The van der Waals surface area contributed by atoms with Crippen molar-refractivity contribution in [2.24, 2.45) is 0 Å². The molecule has 3 rings (SSSR count). The highest BCUT2D eigenvalue weighted by Crippen LogP contribution is 2.31. The Morgan fingerprint density at radius 3 is 2.73 bits per heavy atom. The molecule has 0 aliphatic carbocycles. The van der Waals surface area contributed by atoms with Crippen LogP contribution in [0.25, 0.3) is 21.0 Å². The second-order valence-corrected chi connectivity index (χ2v) is 6.48. The quantitative estimate of drug-likeness (QED) is 0.592. The predicted octanol–water partition coefficient (Wildman–Crippen LogP) is 2.82. The number of hydrogen-bond donors (Lipinski definition) is 0. The SMILES string of the molecule is COCCN(CC(=O)OC)C(=O)c1ccc(-c2nc3ccccc3s2)o1. The van der Waals surface area contributed by atoms with Crippen LogP contribution in [0.3, 0.4) is 0 Å². The van der Waals surface area contributed by atoms with Gasteiger partial charge in [0.25, 0.3) is 5.91 Å². The van der Waals surface area contributed by atoms with Crippen molar-refractivity contribution in [3.8, 4) is 10.8 Å². The zero-order valence-corrected chi connectivity index (χ0v) is 15.2. The molecule has 1 amide bonds. The molecular formula is C18H18N2O5S. The van der Waals surface area contributed by atoms with Crippen LogP contribution in [-0.2, 0) is 14.3 Å². The molecule has 0 unspecified atom stereocenters. The molecule has 26 heavy (non-hydrogen) atoms. The lowest BCUT2D eigenvalue weighted by Gasteiger charge is -2.19. The van der Waals surface area contributed by atoms with Crippen LogP contribution in [0.4, 0.5) is 0 Å². The third-order valence-corrected chi connectivity index (χ3v) is 4.77. The zero-order chi connectivity index (χ0) is 18.5. The maximum absolute atomic E-state index is 12.7. The molecule has 0 atom stereocenters. The lowest BCUT2D eigenvalue weighted by atomic mass is 10.3. The molecule has 2 heterocycles. The van der Waals surface area contributed by atoms with Gasteiger partial charge in [-0.05, 0) is 24.3 Å². The van der Waals surface area contributed by atoms with E-state index in [9.17, 15) is 9.59 Å². The van der Waals surface area contributed by atoms with Crippen molar-refractivity contribution >= 4 is 33.4 Å². The molecule has 2 aromatic heterocycles. The van der Waals surface area contributed by atoms with E-state index in [1.165, 1.54) is 30.5 Å². The van der Waals surface area contributed by atoms with Gasteiger partial charge < -0.3 is 18.8 Å². The smallest absolute Gasteiger partial charge is 0.325 e. The molecule has 0 radical (unpaired) electrons. The molecule has 3 aromatic rings. The predicted molar refractivity (Wildman–Crippen MR) is 97.1 cm³/mol. The van der Waals surface area contributed by atoms with Crippen LogP contribution in [0.1, 0.15) is 10.6 Å². The van der Waals surface area contributed by atoms with Gasteiger partial charge in [-0.3, -0.25) is 9.59 Å². The normalized spacial score (nSPS) is 10.8. The first-order chi connectivity index (χ1) is 12.6. The van der Waals surface area contributed by atoms with E-state index in [1.807, 2.05) is 24.3 Å². The van der Waals surface area contributed by atoms with E-state index in [2.05, 4.69) is 9.72 Å². The fourth-order valence-electron chi connectivity index (χ4n) is 2.38. The average Bonchev–Trinajstić information content (AvgIpc) is 3.30. The molecule has 1 aromatic carbocycles. The van der Waals surface area contributed by atoms with Crippen LogP contribution in [0.2, 0.25) is 0 Å². The number of nitrogens with zero attached hydrogens (tertiary/aromatic N) is 2. The standard InChI is InChI=1S/C18H18N2O5S/c1-23-10-9-20(11-16(21)24-2)18(22)14-8-7-13(25-14)17-19-12-5-3-4-6-15(12)26-17/h3-8H,9-11H2,1-2H3. The summed E-state index contributed by atoms with van der Waals surface area (Å²) in [6, 6.07) is 11.1. The second kappa shape index (κ2) is 8.11. The summed E-state index contributed by atoms with van der Waals surface area (Å²) in [6.07, 6.45) is 0. The lowest BCUT2D eigenvalue weighted by Crippen LogP contribution is -2.38. The number of benzene rings is 1. The topological polar surface area (TPSA) is 81.9 Å². The van der Waals surface area contributed by atoms with E-state index in [1.54, 1.807) is 12.1 Å². The van der Waals surface area contributed by atoms with Crippen molar-refractivity contribution in [1.29, 1.82) is 0 Å². The third kappa shape index (κ3) is 3.92. The summed E-state index contributed by atoms with van der Waals surface area (Å²) in [4.78, 5) is 30.1. The first kappa shape index (κ1) is 18.1. The lowest BCUT2D eigenvalue weighted by molar-refractivity contribution is -0.141. The minimum absolute atomic E-state index is 0.138. The van der Waals surface area contributed by atoms with Crippen molar-refractivity contribution in [1.82, 2.24) is 9.88 Å². The molecule has 8 heteroatoms. The molecule has 7 nitrogen and oxygen atoms in total. The zero-order valence-electron chi connectivity index (χ0n) is 14.4. The summed E-state index contributed by atoms with van der Waals surface area (Å²) in [6.45, 7) is 0.381. The number of furan rings is 1. The van der Waals surface area contributed by atoms with Gasteiger partial charge in [-0.2, -0.15) is 0 Å². The number of ether oxygens (including phenoxy) is 2. The summed E-state index contributed by atoms with van der Waals surface area (Å²) in [7, 11) is 2.80. The Bertz CT molecular complexity index is 884. The fraction of sp³-hybridized carbons (Fsp3) is 0.278. The maximum Gasteiger partial charge on any atom is 0.325 e. The van der Waals surface area contributed by atoms with Crippen molar-refractivity contribution in [2.45, 2.75) is 0 Å². The van der Waals surface area contributed by atoms with E-state index >= 15 is 0 Å². The molecule has 0 saturated carbocycles. The summed E-state index contributed by atoms with van der Waals surface area (Å²) in [5.41, 5.74) is 0.879. The molecule has 0 aliphatic heterocycles. The highest BCUT2D eigenvalue weighted by Gasteiger charge is 2.23. The van der Waals surface area contributed by atoms with Gasteiger partial charge in [0.15, 0.2) is 16.5 Å². The van der Waals surface area contributed by atoms with Crippen molar-refractivity contribution in [2.75, 3.05) is 33.9 Å². The summed E-state index contributed by atoms with van der Waals surface area (Å²) >= 11 is 1.49. The van der Waals surface area contributed by atoms with Gasteiger partial charge in [0.05, 0.1) is 23.9 Å². The Labute approximate surface area is 154 Å². The van der Waals surface area contributed by atoms with Crippen LogP contribution < -0.4 is 0 Å². The van der Waals surface area contributed by atoms with Gasteiger partial charge in [-0.15, -0.1) is 11.3 Å². The van der Waals surface area contributed by atoms with E-state index in [0.717, 1.165) is 10.2 Å². The molecular weight excluding hydrogens is 356 g/mol. The van der Waals surface area contributed by atoms with Crippen LogP contribution in [0.5, 0.6) is 0 Å². The molecule has 0 N–H and O–H groups in total. The summed E-state index contributed by atoms with van der Waals surface area (Å²) in [5.74, 6) is -0.259. The Balaban J connectivity index is 1.81. The molecule has 0 fully saturated rings. The van der Waals surface area contributed by atoms with Crippen LogP contribution in [0.15, 0.2) is 40.8 Å². The van der Waals surface area contributed by atoms with Crippen LogP contribution >= 0.6 is 11.3 Å². The molecule has 0 aliphatic rings. The number of fused-ring (bicyclic) bond motifs is 1. The van der Waals surface area contributed by atoms with E-state index in [0.29, 0.717) is 17.4 Å². The average molecular weight is 374 g/mol. The number of carbonyl (C=O) groups excluding carboxylic acids is 2. The molecule has 0 spiro atoms. The summed E-state index contributed by atoms with van der Waals surface area (Å²) < 4.78 is 16.4. The molecule has 136 valence electrons. The number of para-hydroxylation sites is 1. The number of aromatic nitrogens is 1. The minimum Gasteiger partial charge on any atom is -0.468 e. The van der Waals surface area contributed by atoms with E-state index in [-0.39, 0.29) is 18.8 Å². The number of amides is 1. The Hall–Kier alpha value is -2.71. The first-order valence-electron chi connectivity index (χ1n) is 7.93. The monoisotopic (exact) mass is 374 g/mol. The Morgan fingerprint density at radius 1 is 1.19 bits per heavy atom. The number of thiazole rings is 1. The number of carbonyl (C=O) groups is 2. The largest absolute Gasteiger partial charge is 0.468 e. The van der Waals surface area contributed by atoms with Crippen LogP contribution in [0, 0.1) is 0 Å². The van der Waals surface area contributed by atoms with E-state index in [4.69, 9.17) is 9.15 Å². The van der Waals surface area contributed by atoms with Gasteiger partial charge in [0.1, 0.15) is 6.54 Å². The Morgan fingerprint density at radius 2 is 2.00 bits per heavy atom. The molecule has 0 bridgehead atoms.